The van der Waals surface area contributed by atoms with Gasteiger partial charge in [0.05, 0.1) is 5.69 Å². The first kappa shape index (κ1) is 13.8. The lowest BCUT2D eigenvalue weighted by atomic mass is 10.1. The van der Waals surface area contributed by atoms with Gasteiger partial charge in [0, 0.05) is 31.7 Å². The quantitative estimate of drug-likeness (QED) is 0.908. The van der Waals surface area contributed by atoms with Gasteiger partial charge in [0.2, 0.25) is 0 Å². The monoisotopic (exact) mass is 274 g/mol. The van der Waals surface area contributed by atoms with Crippen LogP contribution in [0.1, 0.15) is 31.9 Å². The fourth-order valence-corrected chi connectivity index (χ4v) is 3.51. The second-order valence-electron chi connectivity index (χ2n) is 6.05. The molecule has 110 valence electrons. The highest BCUT2D eigenvalue weighted by Gasteiger charge is 2.34. The lowest BCUT2D eigenvalue weighted by Crippen LogP contribution is -2.37. The average Bonchev–Trinajstić information content (AvgIpc) is 2.70. The van der Waals surface area contributed by atoms with E-state index in [0.29, 0.717) is 6.04 Å². The molecule has 0 spiro atoms. The van der Waals surface area contributed by atoms with E-state index < -0.39 is 0 Å². The average molecular weight is 274 g/mol. The van der Waals surface area contributed by atoms with E-state index in [9.17, 15) is 0 Å². The summed E-state index contributed by atoms with van der Waals surface area (Å²) in [5.74, 6) is 1.15. The number of anilines is 1. The van der Waals surface area contributed by atoms with Crippen molar-refractivity contribution in [3.05, 3.63) is 23.9 Å². The summed E-state index contributed by atoms with van der Waals surface area (Å²) in [5, 5.41) is 3.35. The fraction of sp³-hybridized carbons (Fsp3) is 0.688. The molecule has 2 atom stereocenters. The van der Waals surface area contributed by atoms with E-state index in [1.165, 1.54) is 19.3 Å². The molecule has 2 unspecified atom stereocenters. The van der Waals surface area contributed by atoms with Gasteiger partial charge in [0.25, 0.3) is 0 Å². The first-order chi connectivity index (χ1) is 9.78. The van der Waals surface area contributed by atoms with Crippen LogP contribution in [0.3, 0.4) is 0 Å². The zero-order valence-corrected chi connectivity index (χ0v) is 12.7. The van der Waals surface area contributed by atoms with Crippen LogP contribution >= 0.6 is 0 Å². The minimum Gasteiger partial charge on any atom is -0.355 e. The third-order valence-electron chi connectivity index (χ3n) is 4.82. The number of fused-ring (bicyclic) bond motifs is 2. The molecule has 2 aliphatic heterocycles. The number of hydrogen-bond acceptors (Lipinski definition) is 4. The molecule has 2 aliphatic rings. The Labute approximate surface area is 122 Å². The topological polar surface area (TPSA) is 31.4 Å². The summed E-state index contributed by atoms with van der Waals surface area (Å²) in [6.45, 7) is 6.26. The number of hydrogen-bond donors (Lipinski definition) is 1. The Hall–Kier alpha value is -1.13. The molecule has 4 heteroatoms. The van der Waals surface area contributed by atoms with E-state index in [2.05, 4.69) is 47.3 Å². The smallest absolute Gasteiger partial charge is 0.128 e. The fourth-order valence-electron chi connectivity index (χ4n) is 3.51. The normalized spacial score (nSPS) is 26.8. The molecular formula is C16H26N4. The highest BCUT2D eigenvalue weighted by molar-refractivity contribution is 5.40. The largest absolute Gasteiger partial charge is 0.355 e. The molecule has 1 aromatic rings. The van der Waals surface area contributed by atoms with Gasteiger partial charge in [-0.3, -0.25) is 4.90 Å². The molecule has 2 saturated heterocycles. The Morgan fingerprint density at radius 3 is 2.95 bits per heavy atom. The lowest BCUT2D eigenvalue weighted by Gasteiger charge is -2.27. The van der Waals surface area contributed by atoms with Gasteiger partial charge in [-0.15, -0.1) is 0 Å². The number of pyridine rings is 1. The van der Waals surface area contributed by atoms with Crippen LogP contribution in [0.4, 0.5) is 5.82 Å². The van der Waals surface area contributed by atoms with Gasteiger partial charge in [-0.25, -0.2) is 4.98 Å². The zero-order chi connectivity index (χ0) is 13.9. The number of likely N-dealkylation sites (N-methyl/N-ethyl adjacent to an activating group) is 1. The molecule has 0 amide bonds. The highest BCUT2D eigenvalue weighted by Crippen LogP contribution is 2.30. The maximum Gasteiger partial charge on any atom is 0.128 e. The van der Waals surface area contributed by atoms with Gasteiger partial charge >= 0.3 is 0 Å². The van der Waals surface area contributed by atoms with Crippen molar-refractivity contribution in [3.8, 4) is 0 Å². The van der Waals surface area contributed by atoms with Crippen molar-refractivity contribution in [1.82, 2.24) is 15.2 Å². The standard InChI is InChI=1S/C16H26N4/c1-3-17-11-13-5-4-6-16(18-13)20-10-9-14-7-8-15(12-20)19(14)2/h4-6,14-15,17H,3,7-12H2,1-2H3. The second kappa shape index (κ2) is 6.10. The number of nitrogens with one attached hydrogen (secondary N) is 1. The van der Waals surface area contributed by atoms with E-state index in [1.54, 1.807) is 0 Å². The number of nitrogens with zero attached hydrogens (tertiary/aromatic N) is 3. The summed E-state index contributed by atoms with van der Waals surface area (Å²) >= 11 is 0. The summed E-state index contributed by atoms with van der Waals surface area (Å²) < 4.78 is 0. The Kier molecular flexibility index (Phi) is 4.22. The van der Waals surface area contributed by atoms with Gasteiger partial charge in [-0.1, -0.05) is 13.0 Å². The van der Waals surface area contributed by atoms with Crippen LogP contribution in [0.15, 0.2) is 18.2 Å². The summed E-state index contributed by atoms with van der Waals surface area (Å²) in [5.41, 5.74) is 1.15. The Bertz CT molecular complexity index is 448. The lowest BCUT2D eigenvalue weighted by molar-refractivity contribution is 0.254. The van der Waals surface area contributed by atoms with Crippen molar-refractivity contribution >= 4 is 5.82 Å². The number of aromatic nitrogens is 1. The first-order valence-electron chi connectivity index (χ1n) is 7.91. The molecule has 4 nitrogen and oxygen atoms in total. The number of rotatable bonds is 4. The highest BCUT2D eigenvalue weighted by atomic mass is 15.3. The third kappa shape index (κ3) is 2.81. The summed E-state index contributed by atoms with van der Waals surface area (Å²) in [6.07, 6.45) is 3.99. The van der Waals surface area contributed by atoms with Crippen LogP contribution in [0.2, 0.25) is 0 Å². The molecule has 2 fully saturated rings. The molecule has 3 rings (SSSR count). The second-order valence-corrected chi connectivity index (χ2v) is 6.05. The van der Waals surface area contributed by atoms with Crippen LogP contribution in [-0.4, -0.2) is 48.6 Å². The van der Waals surface area contributed by atoms with Crippen molar-refractivity contribution in [2.24, 2.45) is 0 Å². The van der Waals surface area contributed by atoms with E-state index in [-0.39, 0.29) is 0 Å². The molecule has 1 aromatic heterocycles. The van der Waals surface area contributed by atoms with Gasteiger partial charge in [-0.2, -0.15) is 0 Å². The first-order valence-corrected chi connectivity index (χ1v) is 7.91. The van der Waals surface area contributed by atoms with Crippen molar-refractivity contribution in [1.29, 1.82) is 0 Å². The Balaban J connectivity index is 1.72. The molecule has 20 heavy (non-hydrogen) atoms. The van der Waals surface area contributed by atoms with Gasteiger partial charge in [0.1, 0.15) is 5.82 Å². The predicted molar refractivity (Wildman–Crippen MR) is 83.0 cm³/mol. The summed E-state index contributed by atoms with van der Waals surface area (Å²) in [6, 6.07) is 7.91. The molecule has 1 N–H and O–H groups in total. The maximum absolute atomic E-state index is 4.83. The van der Waals surface area contributed by atoms with Gasteiger partial charge in [-0.05, 0) is 45.0 Å². The zero-order valence-electron chi connectivity index (χ0n) is 12.7. The Morgan fingerprint density at radius 1 is 1.25 bits per heavy atom. The van der Waals surface area contributed by atoms with E-state index >= 15 is 0 Å². The molecule has 0 saturated carbocycles. The minimum absolute atomic E-state index is 0.710. The predicted octanol–water partition coefficient (Wildman–Crippen LogP) is 1.86. The van der Waals surface area contributed by atoms with Crippen LogP contribution in [-0.2, 0) is 6.54 Å². The van der Waals surface area contributed by atoms with Gasteiger partial charge in [0.15, 0.2) is 0 Å². The van der Waals surface area contributed by atoms with E-state index in [1.807, 2.05) is 0 Å². The van der Waals surface area contributed by atoms with Crippen molar-refractivity contribution in [2.75, 3.05) is 31.6 Å². The molecule has 3 heterocycles. The van der Waals surface area contributed by atoms with Crippen molar-refractivity contribution < 1.29 is 0 Å². The SMILES string of the molecule is CCNCc1cccc(N2CCC3CCC(C2)N3C)n1. The third-order valence-corrected chi connectivity index (χ3v) is 4.82. The molecule has 0 aliphatic carbocycles. The van der Waals surface area contributed by atoms with E-state index in [4.69, 9.17) is 4.98 Å². The Morgan fingerprint density at radius 2 is 2.10 bits per heavy atom. The summed E-state index contributed by atoms with van der Waals surface area (Å²) in [7, 11) is 2.29. The summed E-state index contributed by atoms with van der Waals surface area (Å²) in [4.78, 5) is 9.90. The van der Waals surface area contributed by atoms with Crippen molar-refractivity contribution in [3.63, 3.8) is 0 Å². The molecule has 0 radical (unpaired) electrons. The molecule has 0 aromatic carbocycles. The molecule has 2 bridgehead atoms. The van der Waals surface area contributed by atoms with Crippen LogP contribution in [0, 0.1) is 0 Å². The maximum atomic E-state index is 4.83. The van der Waals surface area contributed by atoms with E-state index in [0.717, 1.165) is 43.7 Å². The molecular weight excluding hydrogens is 248 g/mol. The van der Waals surface area contributed by atoms with Crippen LogP contribution in [0.5, 0.6) is 0 Å². The van der Waals surface area contributed by atoms with Crippen LogP contribution < -0.4 is 10.2 Å². The van der Waals surface area contributed by atoms with Crippen LogP contribution in [0.25, 0.3) is 0 Å². The van der Waals surface area contributed by atoms with Gasteiger partial charge < -0.3 is 10.2 Å². The minimum atomic E-state index is 0.710. The van der Waals surface area contributed by atoms with Crippen molar-refractivity contribution in [2.45, 2.75) is 44.8 Å².